The molecule has 224 valence electrons. The maximum Gasteiger partial charge on any atom is 0.255 e. The minimum atomic E-state index is -2.70. The highest BCUT2D eigenvalue weighted by atomic mass is 16.5. The number of rotatable bonds is 4. The highest BCUT2D eigenvalue weighted by Crippen LogP contribution is 2.54. The van der Waals surface area contributed by atoms with Crippen LogP contribution in [-0.2, 0) is 20.8 Å². The molecule has 1 saturated carbocycles. The fraction of sp³-hybridized carbons (Fsp3) is 0.344. The first-order valence-corrected chi connectivity index (χ1v) is 13.6. The van der Waals surface area contributed by atoms with Gasteiger partial charge in [0.2, 0.25) is 5.78 Å². The SMILES string of the molecule is COc1ccc(C#Cc2cc(N(C)C)c3c(c2O)C(O)=C2C(=O)C4(O)C(O)=C(C(N)=O)C(=O)C(N(C)C)C4CC2C3)cc1. The number of phenolic OH excluding ortho intramolecular Hbond substituents is 1. The Bertz CT molecular complexity index is 1690. The molecule has 6 N–H and O–H groups in total. The third kappa shape index (κ3) is 4.42. The van der Waals surface area contributed by atoms with E-state index < -0.39 is 58.0 Å². The highest BCUT2D eigenvalue weighted by Gasteiger charge is 2.64. The van der Waals surface area contributed by atoms with Crippen LogP contribution in [0.3, 0.4) is 0 Å². The number of carbonyl (C=O) groups excluding carboxylic acids is 3. The van der Waals surface area contributed by atoms with Crippen molar-refractivity contribution in [2.75, 3.05) is 40.2 Å². The number of benzene rings is 2. The first kappa shape index (κ1) is 29.7. The van der Waals surface area contributed by atoms with Crippen molar-refractivity contribution in [2.24, 2.45) is 17.6 Å². The summed E-state index contributed by atoms with van der Waals surface area (Å²) >= 11 is 0. The van der Waals surface area contributed by atoms with E-state index in [1.54, 1.807) is 70.5 Å². The van der Waals surface area contributed by atoms with Crippen LogP contribution >= 0.6 is 0 Å². The number of carbonyl (C=O) groups is 3. The summed E-state index contributed by atoms with van der Waals surface area (Å²) in [5.41, 5.74) is 3.66. The van der Waals surface area contributed by atoms with E-state index in [9.17, 15) is 34.8 Å². The highest BCUT2D eigenvalue weighted by molar-refractivity contribution is 6.24. The molecule has 11 heteroatoms. The summed E-state index contributed by atoms with van der Waals surface area (Å²) in [7, 11) is 8.27. The Labute approximate surface area is 248 Å². The summed E-state index contributed by atoms with van der Waals surface area (Å²) in [5, 5.41) is 45.8. The number of ketones is 2. The quantitative estimate of drug-likeness (QED) is 0.260. The Balaban J connectivity index is 1.70. The van der Waals surface area contributed by atoms with Gasteiger partial charge in [-0.05, 0) is 68.8 Å². The number of ether oxygens (including phenoxy) is 1. The molecule has 0 heterocycles. The van der Waals surface area contributed by atoms with Crippen LogP contribution in [0.5, 0.6) is 11.5 Å². The summed E-state index contributed by atoms with van der Waals surface area (Å²) in [4.78, 5) is 42.8. The zero-order chi connectivity index (χ0) is 31.5. The molecule has 43 heavy (non-hydrogen) atoms. The summed E-state index contributed by atoms with van der Waals surface area (Å²) in [6, 6.07) is 7.56. The normalized spacial score (nSPS) is 24.6. The number of hydrogen-bond acceptors (Lipinski definition) is 10. The third-order valence-electron chi connectivity index (χ3n) is 8.61. The van der Waals surface area contributed by atoms with Crippen LogP contribution in [0.4, 0.5) is 5.69 Å². The van der Waals surface area contributed by atoms with E-state index in [1.807, 2.05) is 0 Å². The summed E-state index contributed by atoms with van der Waals surface area (Å²) in [5.74, 6) is -0.408. The molecule has 0 radical (unpaired) electrons. The third-order valence-corrected chi connectivity index (χ3v) is 8.61. The number of hydrogen-bond donors (Lipinski definition) is 5. The van der Waals surface area contributed by atoms with E-state index in [1.165, 1.54) is 4.90 Å². The van der Waals surface area contributed by atoms with E-state index >= 15 is 0 Å². The predicted octanol–water partition coefficient (Wildman–Crippen LogP) is 1.44. The molecular formula is C32H33N3O8. The van der Waals surface area contributed by atoms with Crippen LogP contribution in [0, 0.1) is 23.7 Å². The maximum absolute atomic E-state index is 14.1. The smallest absolute Gasteiger partial charge is 0.255 e. The minimum Gasteiger partial charge on any atom is -0.508 e. The van der Waals surface area contributed by atoms with Crippen LogP contribution in [0.2, 0.25) is 0 Å². The van der Waals surface area contributed by atoms with Crippen molar-refractivity contribution < 1.29 is 39.5 Å². The van der Waals surface area contributed by atoms with Gasteiger partial charge in [0.1, 0.15) is 28.6 Å². The van der Waals surface area contributed by atoms with Crippen molar-refractivity contribution in [1.29, 1.82) is 0 Å². The molecule has 1 amide bonds. The van der Waals surface area contributed by atoms with Gasteiger partial charge in [0.05, 0.1) is 24.3 Å². The Morgan fingerprint density at radius 2 is 1.72 bits per heavy atom. The first-order valence-electron chi connectivity index (χ1n) is 13.6. The molecule has 3 aliphatic rings. The molecule has 0 saturated heterocycles. The maximum atomic E-state index is 14.1. The lowest BCUT2D eigenvalue weighted by Crippen LogP contribution is -2.65. The van der Waals surface area contributed by atoms with E-state index in [2.05, 4.69) is 11.8 Å². The number of nitrogens with zero attached hydrogens (tertiary/aromatic N) is 2. The van der Waals surface area contributed by atoms with Crippen LogP contribution in [0.15, 0.2) is 47.2 Å². The fourth-order valence-corrected chi connectivity index (χ4v) is 6.60. The predicted molar refractivity (Wildman–Crippen MR) is 158 cm³/mol. The molecule has 0 spiro atoms. The molecule has 4 atom stereocenters. The van der Waals surface area contributed by atoms with Gasteiger partial charge in [-0.25, -0.2) is 0 Å². The van der Waals surface area contributed by atoms with Crippen molar-refractivity contribution in [1.82, 2.24) is 4.90 Å². The number of aromatic hydroxyl groups is 1. The number of phenols is 1. The number of primary amides is 1. The monoisotopic (exact) mass is 587 g/mol. The van der Waals surface area contributed by atoms with Crippen molar-refractivity contribution in [3.05, 3.63) is 69.5 Å². The molecule has 0 aromatic heterocycles. The largest absolute Gasteiger partial charge is 0.508 e. The molecule has 4 unspecified atom stereocenters. The lowest BCUT2D eigenvalue weighted by Gasteiger charge is -2.50. The van der Waals surface area contributed by atoms with E-state index in [0.717, 1.165) is 0 Å². The van der Waals surface area contributed by atoms with Crippen molar-refractivity contribution in [3.8, 4) is 23.3 Å². The zero-order valence-corrected chi connectivity index (χ0v) is 24.4. The lowest BCUT2D eigenvalue weighted by molar-refractivity contribution is -0.153. The number of likely N-dealkylation sites (N-methyl/N-ethyl adjacent to an activating group) is 1. The molecule has 2 aromatic carbocycles. The fourth-order valence-electron chi connectivity index (χ4n) is 6.60. The molecule has 11 nitrogen and oxygen atoms in total. The summed E-state index contributed by atoms with van der Waals surface area (Å²) < 4.78 is 5.17. The Kier molecular flexibility index (Phi) is 7.24. The van der Waals surface area contributed by atoms with Crippen LogP contribution in [0.25, 0.3) is 5.76 Å². The van der Waals surface area contributed by atoms with Gasteiger partial charge in [-0.1, -0.05) is 11.8 Å². The average Bonchev–Trinajstić information content (AvgIpc) is 2.94. The van der Waals surface area contributed by atoms with Crippen LogP contribution in [-0.4, -0.2) is 89.7 Å². The molecular weight excluding hydrogens is 554 g/mol. The van der Waals surface area contributed by atoms with Gasteiger partial charge in [0.15, 0.2) is 11.4 Å². The number of aliphatic hydroxyl groups excluding tert-OH is 2. The van der Waals surface area contributed by atoms with E-state index in [4.69, 9.17) is 10.5 Å². The topological polar surface area (TPSA) is 174 Å². The van der Waals surface area contributed by atoms with Gasteiger partial charge in [-0.2, -0.15) is 0 Å². The second-order valence-electron chi connectivity index (χ2n) is 11.5. The summed E-state index contributed by atoms with van der Waals surface area (Å²) in [6.45, 7) is 0. The van der Waals surface area contributed by atoms with Crippen molar-refractivity contribution in [3.63, 3.8) is 0 Å². The van der Waals surface area contributed by atoms with Crippen LogP contribution in [0.1, 0.15) is 28.7 Å². The molecule has 2 aromatic rings. The average molecular weight is 588 g/mol. The second-order valence-corrected chi connectivity index (χ2v) is 11.5. The molecule has 0 aliphatic heterocycles. The Hall–Kier alpha value is -4.79. The number of nitrogens with two attached hydrogens (primary N) is 1. The van der Waals surface area contributed by atoms with Crippen molar-refractivity contribution in [2.45, 2.75) is 24.5 Å². The van der Waals surface area contributed by atoms with Gasteiger partial charge < -0.3 is 35.8 Å². The standard InChI is InChI=1S/C32H33N3O8/c1-34(2)21-14-16(9-6-15-7-10-18(43-5)11-8-15)26(36)23-19(21)12-17-13-20-25(35(3)4)28(38)24(31(33)41)30(40)32(20,42)29(39)22(17)27(23)37/h7-8,10-11,14,17,20,25,36-37,40,42H,12-13H2,1-5H3,(H2,33,41). The van der Waals surface area contributed by atoms with Crippen molar-refractivity contribution >= 4 is 28.9 Å². The van der Waals surface area contributed by atoms with Gasteiger partial charge in [0.25, 0.3) is 5.91 Å². The van der Waals surface area contributed by atoms with E-state index in [0.29, 0.717) is 22.6 Å². The van der Waals surface area contributed by atoms with E-state index in [-0.39, 0.29) is 35.3 Å². The van der Waals surface area contributed by atoms with Gasteiger partial charge in [-0.3, -0.25) is 19.3 Å². The molecule has 5 rings (SSSR count). The number of methoxy groups -OCH3 is 1. The number of Topliss-reactive ketones (excluding diaryl/α,β-unsaturated/α-hetero) is 2. The zero-order valence-electron chi connectivity index (χ0n) is 24.4. The Morgan fingerprint density at radius 1 is 1.07 bits per heavy atom. The number of aliphatic hydroxyl groups is 3. The second kappa shape index (κ2) is 10.5. The number of anilines is 1. The Morgan fingerprint density at radius 3 is 2.28 bits per heavy atom. The lowest BCUT2D eigenvalue weighted by atomic mass is 9.57. The van der Waals surface area contributed by atoms with Crippen LogP contribution < -0.4 is 15.4 Å². The van der Waals surface area contributed by atoms with Gasteiger partial charge in [0, 0.05) is 36.8 Å². The molecule has 1 fully saturated rings. The molecule has 3 aliphatic carbocycles. The molecule has 0 bridgehead atoms. The first-order chi connectivity index (χ1) is 20.2. The minimum absolute atomic E-state index is 0.0123. The summed E-state index contributed by atoms with van der Waals surface area (Å²) in [6.07, 6.45) is 0.195. The van der Waals surface area contributed by atoms with Gasteiger partial charge in [-0.15, -0.1) is 0 Å². The number of fused-ring (bicyclic) bond motifs is 3. The van der Waals surface area contributed by atoms with Gasteiger partial charge >= 0.3 is 0 Å². The number of amides is 1.